The van der Waals surface area contributed by atoms with Crippen LogP contribution in [0.25, 0.3) is 0 Å². The molecule has 5 nitrogen and oxygen atoms in total. The summed E-state index contributed by atoms with van der Waals surface area (Å²) in [7, 11) is 0. The van der Waals surface area contributed by atoms with Crippen LogP contribution in [0.15, 0.2) is 42.5 Å². The van der Waals surface area contributed by atoms with Gasteiger partial charge in [0.2, 0.25) is 0 Å². The zero-order chi connectivity index (χ0) is 21.5. The SMILES string of the molecule is O=C(c1cccc(N2CC(O)C2)c1Cl)N1CCN2C[C@@H](c3ccc(Cl)cc3)CC[C@@H]2C1. The van der Waals surface area contributed by atoms with Crippen molar-refractivity contribution in [2.75, 3.05) is 44.2 Å². The van der Waals surface area contributed by atoms with Gasteiger partial charge in [-0.05, 0) is 48.6 Å². The second-order valence-corrected chi connectivity index (χ2v) is 9.74. The Labute approximate surface area is 193 Å². The molecule has 0 aliphatic carbocycles. The number of halogens is 2. The average molecular weight is 460 g/mol. The van der Waals surface area contributed by atoms with Gasteiger partial charge in [-0.2, -0.15) is 0 Å². The van der Waals surface area contributed by atoms with E-state index in [2.05, 4.69) is 17.0 Å². The van der Waals surface area contributed by atoms with E-state index in [1.807, 2.05) is 40.1 Å². The molecule has 0 spiro atoms. The number of rotatable bonds is 3. The first-order valence-corrected chi connectivity index (χ1v) is 11.8. The molecule has 0 aromatic heterocycles. The number of hydrogen-bond donors (Lipinski definition) is 1. The Morgan fingerprint density at radius 3 is 2.45 bits per heavy atom. The van der Waals surface area contributed by atoms with E-state index >= 15 is 0 Å². The molecular weight excluding hydrogens is 433 g/mol. The largest absolute Gasteiger partial charge is 0.389 e. The van der Waals surface area contributed by atoms with Crippen molar-refractivity contribution in [3.05, 3.63) is 63.6 Å². The molecule has 3 fully saturated rings. The fourth-order valence-electron chi connectivity index (χ4n) is 5.12. The third-order valence-corrected chi connectivity index (χ3v) is 7.60. The normalized spacial score (nSPS) is 24.6. The molecule has 2 aromatic carbocycles. The molecule has 1 N–H and O–H groups in total. The van der Waals surface area contributed by atoms with E-state index in [1.54, 1.807) is 0 Å². The lowest BCUT2D eigenvalue weighted by molar-refractivity contribution is 0.0329. The minimum Gasteiger partial charge on any atom is -0.389 e. The van der Waals surface area contributed by atoms with Crippen LogP contribution in [-0.4, -0.2) is 72.2 Å². The van der Waals surface area contributed by atoms with Crippen LogP contribution < -0.4 is 4.90 Å². The van der Waals surface area contributed by atoms with Crippen molar-refractivity contribution in [2.45, 2.75) is 30.9 Å². The van der Waals surface area contributed by atoms with Crippen LogP contribution in [0.1, 0.15) is 34.7 Å². The molecule has 3 aliphatic rings. The van der Waals surface area contributed by atoms with Crippen molar-refractivity contribution in [1.29, 1.82) is 0 Å². The molecule has 0 bridgehead atoms. The van der Waals surface area contributed by atoms with E-state index in [-0.39, 0.29) is 12.0 Å². The smallest absolute Gasteiger partial charge is 0.255 e. The molecule has 3 aliphatic heterocycles. The van der Waals surface area contributed by atoms with Crippen LogP contribution in [0, 0.1) is 0 Å². The van der Waals surface area contributed by atoms with Crippen LogP contribution >= 0.6 is 23.2 Å². The van der Waals surface area contributed by atoms with Crippen molar-refractivity contribution < 1.29 is 9.90 Å². The molecule has 0 radical (unpaired) electrons. The maximum atomic E-state index is 13.3. The minimum absolute atomic E-state index is 0.00685. The molecule has 164 valence electrons. The number of benzene rings is 2. The topological polar surface area (TPSA) is 47.0 Å². The number of carbonyl (C=O) groups is 1. The first-order valence-electron chi connectivity index (χ1n) is 11.0. The molecule has 0 unspecified atom stereocenters. The number of anilines is 1. The van der Waals surface area contributed by atoms with Crippen LogP contribution in [0.3, 0.4) is 0 Å². The molecule has 2 atom stereocenters. The molecule has 1 amide bonds. The summed E-state index contributed by atoms with van der Waals surface area (Å²) in [5, 5.41) is 10.9. The molecule has 7 heteroatoms. The Morgan fingerprint density at radius 1 is 0.935 bits per heavy atom. The van der Waals surface area contributed by atoms with E-state index in [4.69, 9.17) is 23.2 Å². The molecule has 3 heterocycles. The fraction of sp³-hybridized carbons (Fsp3) is 0.458. The Hall–Kier alpha value is -1.79. The van der Waals surface area contributed by atoms with Gasteiger partial charge in [0, 0.05) is 50.3 Å². The van der Waals surface area contributed by atoms with Gasteiger partial charge in [-0.3, -0.25) is 9.69 Å². The third kappa shape index (κ3) is 4.17. The van der Waals surface area contributed by atoms with Gasteiger partial charge in [0.25, 0.3) is 5.91 Å². The highest BCUT2D eigenvalue weighted by atomic mass is 35.5. The number of nitrogens with zero attached hydrogens (tertiary/aromatic N) is 3. The van der Waals surface area contributed by atoms with Gasteiger partial charge in [-0.15, -0.1) is 0 Å². The molecule has 5 rings (SSSR count). The van der Waals surface area contributed by atoms with E-state index in [0.717, 1.165) is 43.2 Å². The lowest BCUT2D eigenvalue weighted by Gasteiger charge is -2.46. The van der Waals surface area contributed by atoms with E-state index in [0.29, 0.717) is 42.2 Å². The Morgan fingerprint density at radius 2 is 1.71 bits per heavy atom. The number of β-amino-alcohol motifs (C(OH)–C–C–N with tert-alkyl or cyclic N) is 1. The van der Waals surface area contributed by atoms with Crippen LogP contribution in [0.4, 0.5) is 5.69 Å². The first kappa shape index (κ1) is 21.1. The zero-order valence-corrected chi connectivity index (χ0v) is 18.9. The Kier molecular flexibility index (Phi) is 5.86. The summed E-state index contributed by atoms with van der Waals surface area (Å²) in [4.78, 5) is 19.8. The van der Waals surface area contributed by atoms with Gasteiger partial charge < -0.3 is 14.9 Å². The average Bonchev–Trinajstić information content (AvgIpc) is 2.77. The lowest BCUT2D eigenvalue weighted by atomic mass is 9.86. The van der Waals surface area contributed by atoms with Gasteiger partial charge in [-0.1, -0.05) is 41.4 Å². The quantitative estimate of drug-likeness (QED) is 0.756. The maximum Gasteiger partial charge on any atom is 0.255 e. The van der Waals surface area contributed by atoms with Crippen molar-refractivity contribution in [3.63, 3.8) is 0 Å². The predicted octanol–water partition coefficient (Wildman–Crippen LogP) is 3.88. The minimum atomic E-state index is -0.313. The fourth-order valence-corrected chi connectivity index (χ4v) is 5.57. The lowest BCUT2D eigenvalue weighted by Crippen LogP contribution is -2.57. The molecule has 3 saturated heterocycles. The third-order valence-electron chi connectivity index (χ3n) is 6.95. The zero-order valence-electron chi connectivity index (χ0n) is 17.4. The second-order valence-electron chi connectivity index (χ2n) is 8.92. The van der Waals surface area contributed by atoms with Gasteiger partial charge in [0.15, 0.2) is 0 Å². The van der Waals surface area contributed by atoms with Gasteiger partial charge >= 0.3 is 0 Å². The summed E-state index contributed by atoms with van der Waals surface area (Å²) in [6, 6.07) is 14.2. The number of piperazine rings is 1. The van der Waals surface area contributed by atoms with Crippen LogP contribution in [0.2, 0.25) is 10.0 Å². The summed E-state index contributed by atoms with van der Waals surface area (Å²) in [5.74, 6) is 0.529. The number of carbonyl (C=O) groups excluding carboxylic acids is 1. The molecule has 2 aromatic rings. The van der Waals surface area contributed by atoms with Crippen LogP contribution in [0.5, 0.6) is 0 Å². The Balaban J connectivity index is 1.25. The number of fused-ring (bicyclic) bond motifs is 1. The second kappa shape index (κ2) is 8.62. The summed E-state index contributed by atoms with van der Waals surface area (Å²) >= 11 is 12.7. The van der Waals surface area contributed by atoms with E-state index in [1.165, 1.54) is 5.56 Å². The molecular formula is C24H27Cl2N3O2. The number of hydrogen-bond acceptors (Lipinski definition) is 4. The number of aliphatic hydroxyl groups is 1. The highest BCUT2D eigenvalue weighted by Crippen LogP contribution is 2.35. The summed E-state index contributed by atoms with van der Waals surface area (Å²) in [6.45, 7) is 4.50. The summed E-state index contributed by atoms with van der Waals surface area (Å²) in [5.41, 5.74) is 2.74. The van der Waals surface area contributed by atoms with E-state index in [9.17, 15) is 9.90 Å². The standard InChI is InChI=1S/C24H27Cl2N3O2/c25-18-7-4-16(5-8-18)17-6-9-19-13-28(11-10-27(19)12-17)24(31)21-2-1-3-22(23(21)26)29-14-20(30)15-29/h1-5,7-8,17,19-20,30H,6,9-15H2/t17-,19+/m0/s1. The predicted molar refractivity (Wildman–Crippen MR) is 124 cm³/mol. The van der Waals surface area contributed by atoms with Crippen molar-refractivity contribution in [3.8, 4) is 0 Å². The number of amides is 1. The van der Waals surface area contributed by atoms with Gasteiger partial charge in [0.05, 0.1) is 22.4 Å². The first-order chi connectivity index (χ1) is 15.0. The number of aliphatic hydroxyl groups excluding tert-OH is 1. The van der Waals surface area contributed by atoms with Crippen molar-refractivity contribution >= 4 is 34.8 Å². The summed E-state index contributed by atoms with van der Waals surface area (Å²) in [6.07, 6.45) is 1.89. The molecule has 31 heavy (non-hydrogen) atoms. The summed E-state index contributed by atoms with van der Waals surface area (Å²) < 4.78 is 0. The number of piperidine rings is 1. The van der Waals surface area contributed by atoms with Crippen molar-refractivity contribution in [1.82, 2.24) is 9.80 Å². The highest BCUT2D eigenvalue weighted by molar-refractivity contribution is 6.36. The van der Waals surface area contributed by atoms with Crippen molar-refractivity contribution in [2.24, 2.45) is 0 Å². The molecule has 0 saturated carbocycles. The monoisotopic (exact) mass is 459 g/mol. The highest BCUT2D eigenvalue weighted by Gasteiger charge is 2.36. The Bertz CT molecular complexity index is 962. The maximum absolute atomic E-state index is 13.3. The van der Waals surface area contributed by atoms with Gasteiger partial charge in [-0.25, -0.2) is 0 Å². The van der Waals surface area contributed by atoms with Gasteiger partial charge in [0.1, 0.15) is 0 Å². The van der Waals surface area contributed by atoms with Crippen LogP contribution in [-0.2, 0) is 0 Å². The van der Waals surface area contributed by atoms with E-state index < -0.39 is 0 Å².